The van der Waals surface area contributed by atoms with Crippen LogP contribution in [-0.4, -0.2) is 66.6 Å². The van der Waals surface area contributed by atoms with Gasteiger partial charge in [0, 0.05) is 30.2 Å². The molecule has 1 aliphatic heterocycles. The summed E-state index contributed by atoms with van der Waals surface area (Å²) >= 11 is 0. The van der Waals surface area contributed by atoms with Gasteiger partial charge in [0.15, 0.2) is 11.5 Å². The van der Waals surface area contributed by atoms with Gasteiger partial charge in [0.1, 0.15) is 29.6 Å². The fraction of sp³-hybridized carbons (Fsp3) is 0.423. The van der Waals surface area contributed by atoms with E-state index in [9.17, 15) is 18.3 Å². The van der Waals surface area contributed by atoms with Gasteiger partial charge in [-0.05, 0) is 51.0 Å². The van der Waals surface area contributed by atoms with Gasteiger partial charge in [-0.25, -0.2) is 4.98 Å². The Balaban J connectivity index is 0.00000210. The quantitative estimate of drug-likeness (QED) is 0.329. The topological polar surface area (TPSA) is 102 Å². The third kappa shape index (κ3) is 6.55. The van der Waals surface area contributed by atoms with Crippen molar-refractivity contribution in [3.63, 3.8) is 0 Å². The molecule has 1 fully saturated rings. The highest BCUT2D eigenvalue weighted by Crippen LogP contribution is 2.41. The minimum Gasteiger partial charge on any atom is -0.488 e. The Morgan fingerprint density at radius 2 is 1.85 bits per heavy atom. The van der Waals surface area contributed by atoms with Crippen molar-refractivity contribution in [2.45, 2.75) is 50.6 Å². The van der Waals surface area contributed by atoms with Crippen LogP contribution >= 0.6 is 24.8 Å². The molecule has 2 atom stereocenters. The molecule has 4 aromatic rings. The molecule has 0 amide bonds. The third-order valence-electron chi connectivity index (χ3n) is 6.44. The lowest BCUT2D eigenvalue weighted by Gasteiger charge is -2.31. The summed E-state index contributed by atoms with van der Waals surface area (Å²) in [7, 11) is 0. The number of hydrogen-bond donors (Lipinski definition) is 2. The van der Waals surface area contributed by atoms with E-state index in [0.29, 0.717) is 34.9 Å². The van der Waals surface area contributed by atoms with Gasteiger partial charge < -0.3 is 15.6 Å². The van der Waals surface area contributed by atoms with E-state index >= 15 is 0 Å². The number of nitrogens with zero attached hydrogens (tertiary/aromatic N) is 5. The van der Waals surface area contributed by atoms with Gasteiger partial charge in [0.25, 0.3) is 0 Å². The molecule has 39 heavy (non-hydrogen) atoms. The minimum absolute atomic E-state index is 0. The molecule has 4 heterocycles. The van der Waals surface area contributed by atoms with E-state index < -0.39 is 23.4 Å². The molecular formula is C26H31Cl2F3N6O2. The SMILES string of the molecule is CC(C)(O)COc1cccc2ccc(-c3nnc4ccc([C@@H](N5CC[C@@](C)(N)C5)C(F)(F)F)cn34)nc12.Cl.Cl. The summed E-state index contributed by atoms with van der Waals surface area (Å²) < 4.78 is 50.1. The summed E-state index contributed by atoms with van der Waals surface area (Å²) in [5.41, 5.74) is 5.88. The molecule has 212 valence electrons. The molecule has 13 heteroatoms. The number of alkyl halides is 3. The lowest BCUT2D eigenvalue weighted by molar-refractivity contribution is -0.184. The average molecular weight is 587 g/mol. The largest absolute Gasteiger partial charge is 0.488 e. The Hall–Kier alpha value is -2.70. The number of likely N-dealkylation sites (tertiary alicyclic amines) is 1. The summed E-state index contributed by atoms with van der Waals surface area (Å²) in [6.45, 7) is 5.51. The highest BCUT2D eigenvalue weighted by Gasteiger charge is 2.48. The fourth-order valence-corrected chi connectivity index (χ4v) is 4.71. The van der Waals surface area contributed by atoms with Crippen LogP contribution in [0.15, 0.2) is 48.7 Å². The van der Waals surface area contributed by atoms with Gasteiger partial charge in [-0.2, -0.15) is 13.2 Å². The van der Waals surface area contributed by atoms with Gasteiger partial charge in [0.05, 0.1) is 5.60 Å². The van der Waals surface area contributed by atoms with Crippen LogP contribution in [0.4, 0.5) is 13.2 Å². The van der Waals surface area contributed by atoms with Crippen LogP contribution in [0.5, 0.6) is 5.75 Å². The normalized spacial score (nSPS) is 19.1. The molecular weight excluding hydrogens is 556 g/mol. The average Bonchev–Trinajstić information content (AvgIpc) is 3.38. The van der Waals surface area contributed by atoms with Crippen LogP contribution in [0.1, 0.15) is 38.8 Å². The molecule has 0 unspecified atom stereocenters. The molecule has 3 N–H and O–H groups in total. The van der Waals surface area contributed by atoms with Gasteiger partial charge in [0.2, 0.25) is 0 Å². The van der Waals surface area contributed by atoms with E-state index in [-0.39, 0.29) is 50.1 Å². The molecule has 1 aromatic carbocycles. The number of para-hydroxylation sites is 1. The smallest absolute Gasteiger partial charge is 0.408 e. The zero-order chi connectivity index (χ0) is 26.6. The summed E-state index contributed by atoms with van der Waals surface area (Å²) in [5, 5.41) is 19.2. The van der Waals surface area contributed by atoms with Crippen molar-refractivity contribution in [2.75, 3.05) is 19.7 Å². The standard InChI is InChI=1S/C26H29F3N6O2.2ClH/c1-24(2,36)15-37-19-6-4-5-16-7-9-18(31-21(16)19)23-33-32-20-10-8-17(13-35(20)23)22(26(27,28)29)34-12-11-25(3,30)14-34;;/h4-10,13,22,36H,11-12,14-15,30H2,1-3H3;2*1H/t22-,25-;;/m1../s1. The summed E-state index contributed by atoms with van der Waals surface area (Å²) in [5.74, 6) is 0.786. The van der Waals surface area contributed by atoms with Crippen molar-refractivity contribution < 1.29 is 23.0 Å². The van der Waals surface area contributed by atoms with Crippen molar-refractivity contribution in [1.82, 2.24) is 24.5 Å². The Kier molecular flexibility index (Phi) is 8.74. The molecule has 3 aromatic heterocycles. The zero-order valence-corrected chi connectivity index (χ0v) is 23.3. The molecule has 0 spiro atoms. The van der Waals surface area contributed by atoms with Crippen molar-refractivity contribution in [1.29, 1.82) is 0 Å². The predicted octanol–water partition coefficient (Wildman–Crippen LogP) is 4.96. The molecule has 0 aliphatic carbocycles. The first-order chi connectivity index (χ1) is 17.3. The maximum Gasteiger partial charge on any atom is 0.408 e. The lowest BCUT2D eigenvalue weighted by Crippen LogP contribution is -2.43. The second kappa shape index (κ2) is 11.1. The van der Waals surface area contributed by atoms with Crippen molar-refractivity contribution in [3.05, 3.63) is 54.2 Å². The van der Waals surface area contributed by atoms with Crippen molar-refractivity contribution in [2.24, 2.45) is 5.73 Å². The van der Waals surface area contributed by atoms with E-state index in [1.165, 1.54) is 27.6 Å². The number of fused-ring (bicyclic) bond motifs is 2. The van der Waals surface area contributed by atoms with Gasteiger partial charge >= 0.3 is 6.18 Å². The Bertz CT molecular complexity index is 1460. The van der Waals surface area contributed by atoms with E-state index in [4.69, 9.17) is 15.5 Å². The molecule has 1 aliphatic rings. The first-order valence-corrected chi connectivity index (χ1v) is 12.0. The Morgan fingerprint density at radius 3 is 2.49 bits per heavy atom. The molecule has 5 rings (SSSR count). The van der Waals surface area contributed by atoms with E-state index in [2.05, 4.69) is 10.2 Å². The van der Waals surface area contributed by atoms with Crippen LogP contribution in [0.25, 0.3) is 28.1 Å². The Morgan fingerprint density at radius 1 is 1.10 bits per heavy atom. The summed E-state index contributed by atoms with van der Waals surface area (Å²) in [4.78, 5) is 6.09. The number of rotatable bonds is 6. The number of aliphatic hydroxyl groups is 1. The first-order valence-electron chi connectivity index (χ1n) is 12.0. The van der Waals surface area contributed by atoms with E-state index in [1.807, 2.05) is 18.2 Å². The molecule has 0 radical (unpaired) electrons. The lowest BCUT2D eigenvalue weighted by atomic mass is 10.0. The second-order valence-electron chi connectivity index (χ2n) is 10.7. The van der Waals surface area contributed by atoms with E-state index in [1.54, 1.807) is 32.9 Å². The second-order valence-corrected chi connectivity index (χ2v) is 10.7. The number of aromatic nitrogens is 4. The number of ether oxygens (including phenoxy) is 1. The van der Waals surface area contributed by atoms with Gasteiger partial charge in [-0.15, -0.1) is 35.0 Å². The molecule has 1 saturated heterocycles. The first kappa shape index (κ1) is 30.8. The number of halogens is 5. The van der Waals surface area contributed by atoms with Crippen LogP contribution in [0.3, 0.4) is 0 Å². The summed E-state index contributed by atoms with van der Waals surface area (Å²) in [6.07, 6.45) is -2.58. The molecule has 0 saturated carbocycles. The highest BCUT2D eigenvalue weighted by molar-refractivity contribution is 5.86. The number of pyridine rings is 2. The fourth-order valence-electron chi connectivity index (χ4n) is 4.71. The van der Waals surface area contributed by atoms with Crippen molar-refractivity contribution in [3.8, 4) is 17.3 Å². The number of nitrogens with two attached hydrogens (primary N) is 1. The van der Waals surface area contributed by atoms with Crippen LogP contribution in [-0.2, 0) is 0 Å². The van der Waals surface area contributed by atoms with E-state index in [0.717, 1.165) is 5.39 Å². The Labute approximate surface area is 236 Å². The maximum absolute atomic E-state index is 14.3. The maximum atomic E-state index is 14.3. The van der Waals surface area contributed by atoms with Crippen LogP contribution in [0.2, 0.25) is 0 Å². The predicted molar refractivity (Wildman–Crippen MR) is 148 cm³/mol. The highest BCUT2D eigenvalue weighted by atomic mass is 35.5. The van der Waals surface area contributed by atoms with Gasteiger partial charge in [-0.3, -0.25) is 9.30 Å². The van der Waals surface area contributed by atoms with Crippen LogP contribution < -0.4 is 10.5 Å². The summed E-state index contributed by atoms with van der Waals surface area (Å²) in [6, 6.07) is 10.2. The monoisotopic (exact) mass is 586 g/mol. The zero-order valence-electron chi connectivity index (χ0n) is 21.6. The molecule has 0 bridgehead atoms. The van der Waals surface area contributed by atoms with Gasteiger partial charge in [-0.1, -0.05) is 24.3 Å². The minimum atomic E-state index is -4.49. The molecule has 8 nitrogen and oxygen atoms in total. The van der Waals surface area contributed by atoms with Crippen LogP contribution in [0, 0.1) is 0 Å². The number of hydrogen-bond acceptors (Lipinski definition) is 7. The third-order valence-corrected chi connectivity index (χ3v) is 6.44. The van der Waals surface area contributed by atoms with Crippen molar-refractivity contribution >= 4 is 41.4 Å². The number of benzene rings is 1.